The number of ketones is 1. The maximum absolute atomic E-state index is 13.9. The number of hydrogen-bond donors (Lipinski definition) is 1. The zero-order chi connectivity index (χ0) is 15.0. The highest BCUT2D eigenvalue weighted by atomic mass is 19.2. The Morgan fingerprint density at radius 3 is 2.42 bits per heavy atom. The van der Waals surface area contributed by atoms with E-state index in [1.54, 1.807) is 20.8 Å². The van der Waals surface area contributed by atoms with E-state index in [-0.39, 0.29) is 0 Å². The molecule has 1 rings (SSSR count). The molecule has 8 heteroatoms. The number of nitrogens with zero attached hydrogens (tertiary/aromatic N) is 1. The summed E-state index contributed by atoms with van der Waals surface area (Å²) < 4.78 is 32.2. The van der Waals surface area contributed by atoms with E-state index in [1.807, 2.05) is 0 Å². The van der Waals surface area contributed by atoms with E-state index in [0.29, 0.717) is 4.90 Å². The first-order valence-corrected chi connectivity index (χ1v) is 5.56. The first kappa shape index (κ1) is 15.3. The molecule has 0 aromatic heterocycles. The number of carbonyl (C=O) groups excluding carboxylic acids is 2. The summed E-state index contributed by atoms with van der Waals surface area (Å²) in [6.45, 7) is 2.87. The van der Waals surface area contributed by atoms with Crippen LogP contribution >= 0.6 is 0 Å². The molecule has 1 saturated heterocycles. The summed E-state index contributed by atoms with van der Waals surface area (Å²) in [7, 11) is 0. The molecule has 1 N–H and O–H groups in total. The molecule has 2 atom stereocenters. The highest BCUT2D eigenvalue weighted by molar-refractivity contribution is 6.09. The average Bonchev–Trinajstić information content (AvgIpc) is 2.22. The number of halogens is 2. The molecule has 0 spiro atoms. The van der Waals surface area contributed by atoms with Crippen molar-refractivity contribution >= 4 is 17.8 Å². The molecule has 19 heavy (non-hydrogen) atoms. The van der Waals surface area contributed by atoms with E-state index in [9.17, 15) is 23.2 Å². The van der Waals surface area contributed by atoms with Crippen LogP contribution in [-0.2, 0) is 14.3 Å². The van der Waals surface area contributed by atoms with Crippen molar-refractivity contribution in [3.05, 3.63) is 0 Å². The Labute approximate surface area is 108 Å². The maximum Gasteiger partial charge on any atom is 0.410 e. The van der Waals surface area contributed by atoms with Gasteiger partial charge in [0.05, 0.1) is 13.1 Å². The molecule has 1 heterocycles. The van der Waals surface area contributed by atoms with Crippen LogP contribution in [0.4, 0.5) is 13.6 Å². The van der Waals surface area contributed by atoms with Gasteiger partial charge in [0.25, 0.3) is 5.67 Å². The van der Waals surface area contributed by atoms with E-state index in [1.165, 1.54) is 0 Å². The number of piperidine rings is 1. The van der Waals surface area contributed by atoms with Gasteiger partial charge in [-0.15, -0.1) is 0 Å². The molecule has 0 saturated carbocycles. The summed E-state index contributed by atoms with van der Waals surface area (Å²) in [5.74, 6) is -3.80. The third-order valence-electron chi connectivity index (χ3n) is 2.46. The van der Waals surface area contributed by atoms with Gasteiger partial charge >= 0.3 is 12.1 Å². The van der Waals surface area contributed by atoms with Crippen LogP contribution in [0.15, 0.2) is 0 Å². The molecule has 0 aromatic carbocycles. The van der Waals surface area contributed by atoms with Gasteiger partial charge in [-0.3, -0.25) is 4.79 Å². The Kier molecular flexibility index (Phi) is 3.83. The number of ether oxygens (including phenoxy) is 1. The second-order valence-corrected chi connectivity index (χ2v) is 5.30. The summed E-state index contributed by atoms with van der Waals surface area (Å²) in [5, 5.41) is 8.68. The molecule has 0 radical (unpaired) electrons. The average molecular weight is 279 g/mol. The lowest BCUT2D eigenvalue weighted by Gasteiger charge is -2.36. The lowest BCUT2D eigenvalue weighted by molar-refractivity contribution is -0.164. The maximum atomic E-state index is 13.9. The molecule has 0 aliphatic carbocycles. The molecule has 1 aliphatic rings. The van der Waals surface area contributed by atoms with Gasteiger partial charge in [-0.05, 0) is 20.8 Å². The Bertz CT molecular complexity index is 420. The van der Waals surface area contributed by atoms with E-state index in [4.69, 9.17) is 9.84 Å². The van der Waals surface area contributed by atoms with Crippen LogP contribution in [0.5, 0.6) is 0 Å². The third kappa shape index (κ3) is 3.18. The molecule has 1 aliphatic heterocycles. The Balaban J connectivity index is 2.92. The summed E-state index contributed by atoms with van der Waals surface area (Å²) in [5.41, 5.74) is -4.33. The molecule has 0 bridgehead atoms. The van der Waals surface area contributed by atoms with Gasteiger partial charge in [0.2, 0.25) is 5.78 Å². The van der Waals surface area contributed by atoms with Gasteiger partial charge in [0.15, 0.2) is 6.17 Å². The first-order valence-electron chi connectivity index (χ1n) is 5.56. The number of carboxylic acid groups (broad SMARTS) is 1. The van der Waals surface area contributed by atoms with Crippen molar-refractivity contribution < 1.29 is 33.0 Å². The Morgan fingerprint density at radius 2 is 2.00 bits per heavy atom. The number of Topliss-reactive ketones (excluding diaryl/α,β-unsaturated/α-hetero) is 1. The van der Waals surface area contributed by atoms with Gasteiger partial charge in [-0.25, -0.2) is 18.4 Å². The Hall–Kier alpha value is -1.73. The second kappa shape index (κ2) is 4.75. The van der Waals surface area contributed by atoms with Crippen LogP contribution in [-0.4, -0.2) is 58.4 Å². The number of hydrogen-bond acceptors (Lipinski definition) is 4. The fraction of sp³-hybridized carbons (Fsp3) is 0.727. The number of amides is 1. The quantitative estimate of drug-likeness (QED) is 0.722. The van der Waals surface area contributed by atoms with Gasteiger partial charge in [-0.1, -0.05) is 0 Å². The number of aliphatic carboxylic acids is 1. The summed E-state index contributed by atoms with van der Waals surface area (Å²) in [6.07, 6.45) is -3.45. The fourth-order valence-electron chi connectivity index (χ4n) is 1.57. The normalized spacial score (nSPS) is 28.2. The topological polar surface area (TPSA) is 83.9 Å². The van der Waals surface area contributed by atoms with Gasteiger partial charge < -0.3 is 14.7 Å². The predicted octanol–water partition coefficient (Wildman–Crippen LogP) is 0.937. The zero-order valence-corrected chi connectivity index (χ0v) is 10.8. The van der Waals surface area contributed by atoms with E-state index in [2.05, 4.69) is 0 Å². The minimum absolute atomic E-state index is 0.547. The smallest absolute Gasteiger partial charge is 0.410 e. The molecular formula is C11H15F2NO5. The zero-order valence-electron chi connectivity index (χ0n) is 10.8. The van der Waals surface area contributed by atoms with Crippen molar-refractivity contribution in [2.24, 2.45) is 0 Å². The summed E-state index contributed by atoms with van der Waals surface area (Å²) in [6, 6.07) is 0. The predicted molar refractivity (Wildman–Crippen MR) is 59.2 cm³/mol. The van der Waals surface area contributed by atoms with Gasteiger partial charge in [0, 0.05) is 0 Å². The SMILES string of the molecule is CC(C)(C)OC(=O)N1CC(F)C(=O)C(F)(C(=O)O)C1. The summed E-state index contributed by atoms with van der Waals surface area (Å²) in [4.78, 5) is 34.2. The highest BCUT2D eigenvalue weighted by Crippen LogP contribution is 2.25. The van der Waals surface area contributed by atoms with Crippen LogP contribution in [0.2, 0.25) is 0 Å². The van der Waals surface area contributed by atoms with Crippen molar-refractivity contribution in [3.63, 3.8) is 0 Å². The molecule has 1 amide bonds. The molecule has 1 fully saturated rings. The summed E-state index contributed by atoms with van der Waals surface area (Å²) >= 11 is 0. The number of alkyl halides is 2. The lowest BCUT2D eigenvalue weighted by Crippen LogP contribution is -2.62. The molecule has 108 valence electrons. The molecule has 6 nitrogen and oxygen atoms in total. The van der Waals surface area contributed by atoms with Crippen molar-refractivity contribution in [2.45, 2.75) is 38.2 Å². The van der Waals surface area contributed by atoms with Crippen LogP contribution in [0.1, 0.15) is 20.8 Å². The molecular weight excluding hydrogens is 264 g/mol. The van der Waals surface area contributed by atoms with Crippen LogP contribution in [0.25, 0.3) is 0 Å². The monoisotopic (exact) mass is 279 g/mol. The lowest BCUT2D eigenvalue weighted by atomic mass is 9.92. The standard InChI is InChI=1S/C11H15F2NO5/c1-10(2,3)19-9(18)14-4-6(12)7(15)11(13,5-14)8(16)17/h6H,4-5H2,1-3H3,(H,16,17). The van der Waals surface area contributed by atoms with Crippen molar-refractivity contribution in [3.8, 4) is 0 Å². The Morgan fingerprint density at radius 1 is 1.47 bits per heavy atom. The number of likely N-dealkylation sites (tertiary alicyclic amines) is 1. The first-order chi connectivity index (χ1) is 8.47. The minimum Gasteiger partial charge on any atom is -0.478 e. The fourth-order valence-corrected chi connectivity index (χ4v) is 1.57. The number of carboxylic acids is 1. The van der Waals surface area contributed by atoms with E-state index >= 15 is 0 Å². The number of carbonyl (C=O) groups is 3. The van der Waals surface area contributed by atoms with Gasteiger partial charge in [-0.2, -0.15) is 0 Å². The number of rotatable bonds is 1. The van der Waals surface area contributed by atoms with E-state index < -0.39 is 48.4 Å². The van der Waals surface area contributed by atoms with Crippen molar-refractivity contribution in [2.75, 3.05) is 13.1 Å². The third-order valence-corrected chi connectivity index (χ3v) is 2.46. The second-order valence-electron chi connectivity index (χ2n) is 5.30. The van der Waals surface area contributed by atoms with E-state index in [0.717, 1.165) is 0 Å². The largest absolute Gasteiger partial charge is 0.478 e. The van der Waals surface area contributed by atoms with Crippen molar-refractivity contribution in [1.82, 2.24) is 4.90 Å². The van der Waals surface area contributed by atoms with Crippen LogP contribution < -0.4 is 0 Å². The van der Waals surface area contributed by atoms with Crippen LogP contribution in [0.3, 0.4) is 0 Å². The van der Waals surface area contributed by atoms with Crippen LogP contribution in [0, 0.1) is 0 Å². The highest BCUT2D eigenvalue weighted by Gasteiger charge is 2.56. The molecule has 2 unspecified atom stereocenters. The van der Waals surface area contributed by atoms with Gasteiger partial charge in [0.1, 0.15) is 5.60 Å². The minimum atomic E-state index is -3.44. The molecule has 0 aromatic rings. The van der Waals surface area contributed by atoms with Crippen molar-refractivity contribution in [1.29, 1.82) is 0 Å².